The van der Waals surface area contributed by atoms with Crippen LogP contribution in [-0.2, 0) is 0 Å². The van der Waals surface area contributed by atoms with Crippen molar-refractivity contribution in [2.45, 2.75) is 36.5 Å². The molecule has 2 radical (unpaired) electrons. The molecular weight excluding hydrogens is 203 g/mol. The van der Waals surface area contributed by atoms with Crippen LogP contribution >= 0.6 is 0 Å². The Morgan fingerprint density at radius 1 is 1.38 bits per heavy atom. The molecule has 0 bridgehead atoms. The van der Waals surface area contributed by atoms with Crippen LogP contribution in [0, 0.1) is 5.92 Å². The van der Waals surface area contributed by atoms with E-state index in [0.29, 0.717) is 0 Å². The van der Waals surface area contributed by atoms with Gasteiger partial charge < -0.3 is 0 Å². The summed E-state index contributed by atoms with van der Waals surface area (Å²) in [5.41, 5.74) is 0. The first-order valence-electron chi connectivity index (χ1n) is 3.54. The van der Waals surface area contributed by atoms with Gasteiger partial charge in [-0.25, -0.2) is 0 Å². The minimum atomic E-state index is 1.05. The maximum absolute atomic E-state index is 2.39. The van der Waals surface area contributed by atoms with Crippen molar-refractivity contribution in [3.05, 3.63) is 0 Å². The number of hydrogen-bond acceptors (Lipinski definition) is 0. The first kappa shape index (κ1) is 6.91. The zero-order valence-electron chi connectivity index (χ0n) is 5.56. The summed E-state index contributed by atoms with van der Waals surface area (Å²) in [5.74, 6) is 1.05. The molecule has 0 spiro atoms. The molecule has 46 valence electrons. The molecule has 1 aliphatic carbocycles. The molecular formula is C7H14Sn. The third kappa shape index (κ3) is 1.96. The SMILES string of the molecule is CC1CCC[CH]([SnH])C1. The van der Waals surface area contributed by atoms with Crippen molar-refractivity contribution in [3.8, 4) is 0 Å². The summed E-state index contributed by atoms with van der Waals surface area (Å²) in [6.45, 7) is 2.39. The van der Waals surface area contributed by atoms with Gasteiger partial charge in [-0.2, -0.15) is 0 Å². The van der Waals surface area contributed by atoms with Crippen molar-refractivity contribution >= 4 is 22.5 Å². The molecule has 1 saturated carbocycles. The summed E-state index contributed by atoms with van der Waals surface area (Å²) in [6, 6.07) is 0. The quantitative estimate of drug-likeness (QED) is 0.543. The molecule has 2 atom stereocenters. The van der Waals surface area contributed by atoms with Crippen LogP contribution in [0.5, 0.6) is 0 Å². The molecule has 0 N–H and O–H groups in total. The van der Waals surface area contributed by atoms with Crippen LogP contribution in [0.4, 0.5) is 0 Å². The summed E-state index contributed by atoms with van der Waals surface area (Å²) < 4.78 is 1.14. The maximum atomic E-state index is 2.39. The Hall–Kier alpha value is 0.799. The topological polar surface area (TPSA) is 0 Å². The van der Waals surface area contributed by atoms with Gasteiger partial charge in [-0.15, -0.1) is 0 Å². The second-order valence-electron chi connectivity index (χ2n) is 3.03. The fourth-order valence-corrected chi connectivity index (χ4v) is 3.48. The van der Waals surface area contributed by atoms with E-state index < -0.39 is 0 Å². The molecule has 0 aliphatic heterocycles. The normalized spacial score (nSPS) is 39.8. The predicted octanol–water partition coefficient (Wildman–Crippen LogP) is 1.89. The van der Waals surface area contributed by atoms with E-state index in [-0.39, 0.29) is 0 Å². The van der Waals surface area contributed by atoms with Crippen LogP contribution in [0.25, 0.3) is 0 Å². The Morgan fingerprint density at radius 3 is 2.50 bits per heavy atom. The van der Waals surface area contributed by atoms with Crippen molar-refractivity contribution in [2.75, 3.05) is 0 Å². The molecule has 1 rings (SSSR count). The van der Waals surface area contributed by atoms with E-state index in [1.165, 1.54) is 48.2 Å². The van der Waals surface area contributed by atoms with Gasteiger partial charge in [0.05, 0.1) is 0 Å². The number of hydrogen-bond donors (Lipinski definition) is 0. The van der Waals surface area contributed by atoms with Crippen LogP contribution in [0.2, 0.25) is 3.93 Å². The van der Waals surface area contributed by atoms with Gasteiger partial charge in [-0.1, -0.05) is 0 Å². The Balaban J connectivity index is 2.23. The standard InChI is InChI=1S/C7H13.Sn.H/c1-7-5-3-2-4-6-7;;/h3,7H,2,4-6H2,1H3;;. The van der Waals surface area contributed by atoms with E-state index in [1.807, 2.05) is 0 Å². The zero-order chi connectivity index (χ0) is 5.98. The molecule has 0 heterocycles. The fraction of sp³-hybridized carbons (Fsp3) is 1.00. The van der Waals surface area contributed by atoms with E-state index in [1.54, 1.807) is 0 Å². The van der Waals surface area contributed by atoms with Crippen LogP contribution < -0.4 is 0 Å². The third-order valence-corrected chi connectivity index (χ3v) is 3.71. The molecule has 1 heteroatoms. The molecule has 0 nitrogen and oxygen atoms in total. The van der Waals surface area contributed by atoms with E-state index >= 15 is 0 Å². The number of rotatable bonds is 0. The first-order valence-corrected chi connectivity index (χ1v) is 5.45. The van der Waals surface area contributed by atoms with Gasteiger partial charge in [0.25, 0.3) is 0 Å². The van der Waals surface area contributed by atoms with Gasteiger partial charge in [0.2, 0.25) is 0 Å². The molecule has 0 aromatic carbocycles. The Labute approximate surface area is 65.1 Å². The van der Waals surface area contributed by atoms with Gasteiger partial charge in [0, 0.05) is 0 Å². The molecule has 0 amide bonds. The van der Waals surface area contributed by atoms with Crippen molar-refractivity contribution in [3.63, 3.8) is 0 Å². The summed E-state index contributed by atoms with van der Waals surface area (Å²) in [6.07, 6.45) is 6.07. The first-order chi connectivity index (χ1) is 3.79. The summed E-state index contributed by atoms with van der Waals surface area (Å²) >= 11 is 1.50. The van der Waals surface area contributed by atoms with E-state index in [4.69, 9.17) is 0 Å². The molecule has 8 heavy (non-hydrogen) atoms. The summed E-state index contributed by atoms with van der Waals surface area (Å²) in [5, 5.41) is 0. The molecule has 1 aliphatic rings. The molecule has 0 saturated heterocycles. The van der Waals surface area contributed by atoms with Gasteiger partial charge in [0.15, 0.2) is 0 Å². The van der Waals surface area contributed by atoms with Gasteiger partial charge in [0.1, 0.15) is 0 Å². The van der Waals surface area contributed by atoms with Crippen molar-refractivity contribution in [2.24, 2.45) is 5.92 Å². The average molecular weight is 217 g/mol. The minimum absolute atomic E-state index is 1.05. The summed E-state index contributed by atoms with van der Waals surface area (Å²) in [4.78, 5) is 0. The van der Waals surface area contributed by atoms with Crippen LogP contribution in [0.15, 0.2) is 0 Å². The predicted molar refractivity (Wildman–Crippen MR) is 38.5 cm³/mol. The van der Waals surface area contributed by atoms with E-state index in [0.717, 1.165) is 9.85 Å². The van der Waals surface area contributed by atoms with Gasteiger partial charge >= 0.3 is 65.0 Å². The van der Waals surface area contributed by atoms with E-state index in [9.17, 15) is 0 Å². The zero-order valence-corrected chi connectivity index (χ0v) is 8.86. The van der Waals surface area contributed by atoms with Crippen LogP contribution in [-0.4, -0.2) is 22.5 Å². The Bertz CT molecular complexity index is 62.8. The van der Waals surface area contributed by atoms with Crippen LogP contribution in [0.1, 0.15) is 32.6 Å². The summed E-state index contributed by atoms with van der Waals surface area (Å²) in [7, 11) is 0. The second kappa shape index (κ2) is 3.09. The van der Waals surface area contributed by atoms with Crippen molar-refractivity contribution in [1.82, 2.24) is 0 Å². The average Bonchev–Trinajstić information content (AvgIpc) is 1.64. The van der Waals surface area contributed by atoms with Crippen LogP contribution in [0.3, 0.4) is 0 Å². The second-order valence-corrected chi connectivity index (χ2v) is 5.72. The fourth-order valence-electron chi connectivity index (χ4n) is 1.48. The molecule has 0 aromatic heterocycles. The van der Waals surface area contributed by atoms with Gasteiger partial charge in [-0.05, 0) is 0 Å². The third-order valence-electron chi connectivity index (χ3n) is 1.98. The Morgan fingerprint density at radius 2 is 2.12 bits per heavy atom. The molecule has 1 fully saturated rings. The molecule has 2 unspecified atom stereocenters. The van der Waals surface area contributed by atoms with Gasteiger partial charge in [-0.3, -0.25) is 0 Å². The molecule has 0 aromatic rings. The monoisotopic (exact) mass is 218 g/mol. The van der Waals surface area contributed by atoms with E-state index in [2.05, 4.69) is 6.92 Å². The van der Waals surface area contributed by atoms with Crippen molar-refractivity contribution in [1.29, 1.82) is 0 Å². The Kier molecular flexibility index (Phi) is 2.67. The van der Waals surface area contributed by atoms with Crippen molar-refractivity contribution < 1.29 is 0 Å².